The third-order valence-electron chi connectivity index (χ3n) is 2.93. The zero-order valence-electron chi connectivity index (χ0n) is 10.9. The first kappa shape index (κ1) is 14.6. The number of thioether (sulfide) groups is 1. The van der Waals surface area contributed by atoms with Crippen LogP contribution in [0.1, 0.15) is 51.9 Å². The molecule has 1 aliphatic rings. The lowest BCUT2D eigenvalue weighted by Gasteiger charge is -2.01. The number of rotatable bonds is 8. The third kappa shape index (κ3) is 5.57. The molecule has 0 saturated heterocycles. The fraction of sp³-hybridized carbons (Fsp3) is 0.846. The van der Waals surface area contributed by atoms with Crippen LogP contribution >= 0.6 is 11.8 Å². The molecule has 17 heavy (non-hydrogen) atoms. The molecule has 0 N–H and O–H groups in total. The number of carbonyl (C=O) groups excluding carboxylic acids is 1. The fourth-order valence-electron chi connectivity index (χ4n) is 1.87. The maximum atomic E-state index is 11.3. The van der Waals surface area contributed by atoms with Gasteiger partial charge in [-0.1, -0.05) is 39.0 Å². The third-order valence-corrected chi connectivity index (χ3v) is 4.05. The number of carbonyl (C=O) groups is 1. The molecule has 0 bridgehead atoms. The monoisotopic (exact) mass is 257 g/mol. The molecule has 1 aliphatic heterocycles. The van der Waals surface area contributed by atoms with Crippen LogP contribution in [0.25, 0.3) is 0 Å². The first-order valence-electron chi connectivity index (χ1n) is 6.55. The highest BCUT2D eigenvalue weighted by molar-refractivity contribution is 8.14. The highest BCUT2D eigenvalue weighted by Crippen LogP contribution is 2.23. The van der Waals surface area contributed by atoms with Gasteiger partial charge >= 0.3 is 5.97 Å². The number of hydrogen-bond acceptors (Lipinski definition) is 4. The lowest BCUT2D eigenvalue weighted by atomic mass is 10.1. The van der Waals surface area contributed by atoms with Crippen molar-refractivity contribution in [3.8, 4) is 0 Å². The second-order valence-corrected chi connectivity index (χ2v) is 5.48. The predicted molar refractivity (Wildman–Crippen MR) is 73.7 cm³/mol. The van der Waals surface area contributed by atoms with E-state index in [1.165, 1.54) is 45.6 Å². The van der Waals surface area contributed by atoms with Crippen LogP contribution < -0.4 is 0 Å². The Morgan fingerprint density at radius 1 is 1.35 bits per heavy atom. The van der Waals surface area contributed by atoms with Gasteiger partial charge in [0.1, 0.15) is 0 Å². The Morgan fingerprint density at radius 2 is 2.06 bits per heavy atom. The topological polar surface area (TPSA) is 38.7 Å². The summed E-state index contributed by atoms with van der Waals surface area (Å²) in [5, 5.41) is 1.14. The predicted octanol–water partition coefficient (Wildman–Crippen LogP) is 3.42. The molecule has 0 fully saturated rings. The molecule has 1 rings (SSSR count). The molecule has 0 aromatic rings. The van der Waals surface area contributed by atoms with Gasteiger partial charge in [0.15, 0.2) is 6.04 Å². The fourth-order valence-corrected chi connectivity index (χ4v) is 2.92. The molecule has 0 amide bonds. The molecule has 0 aliphatic carbocycles. The van der Waals surface area contributed by atoms with E-state index in [1.54, 1.807) is 11.8 Å². The summed E-state index contributed by atoms with van der Waals surface area (Å²) in [6, 6.07) is -0.250. The lowest BCUT2D eigenvalue weighted by Crippen LogP contribution is -2.19. The van der Waals surface area contributed by atoms with Crippen LogP contribution in [0.2, 0.25) is 0 Å². The molecule has 0 aromatic heterocycles. The van der Waals surface area contributed by atoms with Crippen LogP contribution in [0.3, 0.4) is 0 Å². The van der Waals surface area contributed by atoms with Crippen molar-refractivity contribution in [1.29, 1.82) is 0 Å². The van der Waals surface area contributed by atoms with Gasteiger partial charge in [-0.3, -0.25) is 4.99 Å². The summed E-state index contributed by atoms with van der Waals surface area (Å²) in [5.74, 6) is 0.563. The molecule has 4 heteroatoms. The zero-order chi connectivity index (χ0) is 12.5. The van der Waals surface area contributed by atoms with E-state index in [1.807, 2.05) is 0 Å². The molecule has 0 spiro atoms. The molecule has 1 atom stereocenters. The maximum Gasteiger partial charge on any atom is 0.331 e. The minimum atomic E-state index is -0.250. The van der Waals surface area contributed by atoms with Gasteiger partial charge in [0.2, 0.25) is 0 Å². The molecule has 98 valence electrons. The van der Waals surface area contributed by atoms with Crippen molar-refractivity contribution >= 4 is 22.8 Å². The van der Waals surface area contributed by atoms with E-state index < -0.39 is 0 Å². The number of aliphatic imine (C=N–C) groups is 1. The molecule has 1 heterocycles. The summed E-state index contributed by atoms with van der Waals surface area (Å²) in [5.41, 5.74) is 0. The van der Waals surface area contributed by atoms with Gasteiger partial charge in [0.05, 0.1) is 12.2 Å². The van der Waals surface area contributed by atoms with E-state index >= 15 is 0 Å². The van der Waals surface area contributed by atoms with E-state index in [9.17, 15) is 4.79 Å². The quantitative estimate of drug-likeness (QED) is 0.494. The van der Waals surface area contributed by atoms with Crippen molar-refractivity contribution in [2.75, 3.05) is 12.9 Å². The normalized spacial score (nSPS) is 19.2. The van der Waals surface area contributed by atoms with Crippen molar-refractivity contribution in [2.24, 2.45) is 4.99 Å². The standard InChI is InChI=1S/C13H23NO2S/c1-3-4-5-6-7-8-9-12-14-11(10-17-12)13(15)16-2/h11H,3-10H2,1-2H3. The summed E-state index contributed by atoms with van der Waals surface area (Å²) < 4.78 is 4.69. The number of unbranched alkanes of at least 4 members (excludes halogenated alkanes) is 5. The molecule has 0 radical (unpaired) electrons. The van der Waals surface area contributed by atoms with Crippen LogP contribution in [0.5, 0.6) is 0 Å². The number of nitrogens with zero attached hydrogens (tertiary/aromatic N) is 1. The second-order valence-electron chi connectivity index (χ2n) is 4.39. The molecule has 1 unspecified atom stereocenters. The molecule has 0 aromatic carbocycles. The van der Waals surface area contributed by atoms with E-state index in [-0.39, 0.29) is 12.0 Å². The Bertz CT molecular complexity index is 266. The van der Waals surface area contributed by atoms with Crippen molar-refractivity contribution in [1.82, 2.24) is 0 Å². The molecule has 3 nitrogen and oxygen atoms in total. The Kier molecular flexibility index (Phi) is 7.33. The smallest absolute Gasteiger partial charge is 0.331 e. The molecule has 0 saturated carbocycles. The summed E-state index contributed by atoms with van der Waals surface area (Å²) in [4.78, 5) is 15.7. The SMILES string of the molecule is CCCCCCCCC1=NC(C(=O)OC)CS1. The molecular weight excluding hydrogens is 234 g/mol. The van der Waals surface area contributed by atoms with E-state index in [4.69, 9.17) is 4.74 Å². The van der Waals surface area contributed by atoms with Crippen LogP contribution in [0.4, 0.5) is 0 Å². The van der Waals surface area contributed by atoms with Gasteiger partial charge in [-0.25, -0.2) is 4.79 Å². The van der Waals surface area contributed by atoms with Gasteiger partial charge in [-0.15, -0.1) is 11.8 Å². The largest absolute Gasteiger partial charge is 0.467 e. The number of esters is 1. The average Bonchev–Trinajstić information content (AvgIpc) is 2.81. The van der Waals surface area contributed by atoms with E-state index in [0.717, 1.165) is 17.2 Å². The van der Waals surface area contributed by atoms with E-state index in [2.05, 4.69) is 11.9 Å². The Labute approximate surface area is 108 Å². The second kappa shape index (κ2) is 8.56. The van der Waals surface area contributed by atoms with Crippen molar-refractivity contribution in [3.05, 3.63) is 0 Å². The highest BCUT2D eigenvalue weighted by Gasteiger charge is 2.24. The highest BCUT2D eigenvalue weighted by atomic mass is 32.2. The maximum absolute atomic E-state index is 11.3. The first-order valence-corrected chi connectivity index (χ1v) is 7.53. The summed E-state index contributed by atoms with van der Waals surface area (Å²) in [7, 11) is 1.42. The van der Waals surface area contributed by atoms with Crippen LogP contribution in [-0.4, -0.2) is 29.9 Å². The van der Waals surface area contributed by atoms with Crippen LogP contribution in [-0.2, 0) is 9.53 Å². The van der Waals surface area contributed by atoms with Crippen LogP contribution in [0, 0.1) is 0 Å². The number of hydrogen-bond donors (Lipinski definition) is 0. The zero-order valence-corrected chi connectivity index (χ0v) is 11.7. The Morgan fingerprint density at radius 3 is 2.76 bits per heavy atom. The lowest BCUT2D eigenvalue weighted by molar-refractivity contribution is -0.141. The Hall–Kier alpha value is -0.510. The first-order chi connectivity index (χ1) is 8.27. The van der Waals surface area contributed by atoms with Crippen molar-refractivity contribution in [2.45, 2.75) is 57.9 Å². The van der Waals surface area contributed by atoms with Gasteiger partial charge in [-0.2, -0.15) is 0 Å². The van der Waals surface area contributed by atoms with Crippen molar-refractivity contribution < 1.29 is 9.53 Å². The number of methoxy groups -OCH3 is 1. The minimum absolute atomic E-state index is 0.199. The number of ether oxygens (including phenoxy) is 1. The van der Waals surface area contributed by atoms with Crippen molar-refractivity contribution in [3.63, 3.8) is 0 Å². The van der Waals surface area contributed by atoms with Gasteiger partial charge in [-0.05, 0) is 12.8 Å². The summed E-state index contributed by atoms with van der Waals surface area (Å²) in [6.07, 6.45) is 8.83. The van der Waals surface area contributed by atoms with Crippen LogP contribution in [0.15, 0.2) is 4.99 Å². The van der Waals surface area contributed by atoms with E-state index in [0.29, 0.717) is 0 Å². The molecular formula is C13H23NO2S. The minimum Gasteiger partial charge on any atom is -0.467 e. The summed E-state index contributed by atoms with van der Waals surface area (Å²) >= 11 is 1.71. The van der Waals surface area contributed by atoms with Gasteiger partial charge < -0.3 is 4.74 Å². The summed E-state index contributed by atoms with van der Waals surface area (Å²) in [6.45, 7) is 2.23. The Balaban J connectivity index is 2.10. The average molecular weight is 257 g/mol. The van der Waals surface area contributed by atoms with Gasteiger partial charge in [0, 0.05) is 5.75 Å². The van der Waals surface area contributed by atoms with Gasteiger partial charge in [0.25, 0.3) is 0 Å².